The van der Waals surface area contributed by atoms with Crippen LogP contribution in [-0.4, -0.2) is 49.0 Å². The summed E-state index contributed by atoms with van der Waals surface area (Å²) >= 11 is 0. The van der Waals surface area contributed by atoms with Crippen LogP contribution in [0.25, 0.3) is 11.4 Å². The maximum Gasteiger partial charge on any atom is 0.161 e. The quantitative estimate of drug-likeness (QED) is 0.868. The molecule has 0 N–H and O–H groups in total. The number of aryl methyl sites for hydroxylation is 1. The summed E-state index contributed by atoms with van der Waals surface area (Å²) in [5.74, 6) is 2.29. The summed E-state index contributed by atoms with van der Waals surface area (Å²) in [6.45, 7) is 6.19. The lowest BCUT2D eigenvalue weighted by Crippen LogP contribution is -2.46. The van der Waals surface area contributed by atoms with Gasteiger partial charge in [-0.3, -0.25) is 0 Å². The Morgan fingerprint density at radius 1 is 1.12 bits per heavy atom. The number of hydrogen-bond donors (Lipinski definition) is 0. The van der Waals surface area contributed by atoms with Gasteiger partial charge in [-0.25, -0.2) is 9.97 Å². The molecule has 1 aromatic carbocycles. The molecule has 0 saturated carbocycles. The van der Waals surface area contributed by atoms with E-state index in [2.05, 4.69) is 28.1 Å². The van der Waals surface area contributed by atoms with Gasteiger partial charge in [0.15, 0.2) is 5.82 Å². The number of aromatic nitrogens is 2. The number of rotatable bonds is 3. The highest BCUT2D eigenvalue weighted by Gasteiger charge is 2.31. The van der Waals surface area contributed by atoms with Gasteiger partial charge in [-0.2, -0.15) is 0 Å². The van der Waals surface area contributed by atoms with Crippen LogP contribution >= 0.6 is 0 Å². The third-order valence-electron chi connectivity index (χ3n) is 4.78. The van der Waals surface area contributed by atoms with Crippen LogP contribution in [-0.2, 0) is 9.47 Å². The van der Waals surface area contributed by atoms with Crippen LogP contribution in [0.4, 0.5) is 5.82 Å². The Bertz CT molecular complexity index is 686. The monoisotopic (exact) mass is 325 g/mol. The zero-order valence-corrected chi connectivity index (χ0v) is 14.0. The zero-order valence-electron chi connectivity index (χ0n) is 14.0. The van der Waals surface area contributed by atoms with E-state index in [-0.39, 0.29) is 6.10 Å². The van der Waals surface area contributed by atoms with Crippen molar-refractivity contribution in [3.63, 3.8) is 0 Å². The molecule has 2 saturated heterocycles. The van der Waals surface area contributed by atoms with E-state index in [1.54, 1.807) is 0 Å². The largest absolute Gasteiger partial charge is 0.381 e. The second-order valence-corrected chi connectivity index (χ2v) is 6.54. The van der Waals surface area contributed by atoms with Gasteiger partial charge in [0.2, 0.25) is 0 Å². The fourth-order valence-electron chi connectivity index (χ4n) is 3.44. The number of hydrogen-bond acceptors (Lipinski definition) is 5. The Hall–Kier alpha value is -1.98. The first-order valence-electron chi connectivity index (χ1n) is 8.65. The Morgan fingerprint density at radius 2 is 2.00 bits per heavy atom. The van der Waals surface area contributed by atoms with Crippen molar-refractivity contribution in [2.24, 2.45) is 5.92 Å². The predicted molar refractivity (Wildman–Crippen MR) is 93.1 cm³/mol. The number of nitrogens with zero attached hydrogens (tertiary/aromatic N) is 3. The molecule has 3 heterocycles. The van der Waals surface area contributed by atoms with Crippen LogP contribution in [0.1, 0.15) is 12.1 Å². The lowest BCUT2D eigenvalue weighted by atomic mass is 10.0. The molecule has 0 spiro atoms. The summed E-state index contributed by atoms with van der Waals surface area (Å²) in [7, 11) is 0. The minimum atomic E-state index is 0.233. The van der Waals surface area contributed by atoms with Crippen molar-refractivity contribution in [1.82, 2.24) is 9.97 Å². The number of benzene rings is 1. The average Bonchev–Trinajstić information content (AvgIpc) is 3.17. The zero-order chi connectivity index (χ0) is 16.4. The van der Waals surface area contributed by atoms with Crippen LogP contribution in [0.3, 0.4) is 0 Å². The van der Waals surface area contributed by atoms with Crippen LogP contribution in [0.2, 0.25) is 0 Å². The van der Waals surface area contributed by atoms with Gasteiger partial charge in [-0.1, -0.05) is 30.3 Å². The molecule has 2 aliphatic heterocycles. The van der Waals surface area contributed by atoms with E-state index in [1.165, 1.54) is 0 Å². The Balaban J connectivity index is 1.58. The van der Waals surface area contributed by atoms with Crippen molar-refractivity contribution in [2.75, 3.05) is 37.8 Å². The molecule has 5 heteroatoms. The fourth-order valence-corrected chi connectivity index (χ4v) is 3.44. The minimum Gasteiger partial charge on any atom is -0.381 e. The molecule has 5 nitrogen and oxygen atoms in total. The predicted octanol–water partition coefficient (Wildman–Crippen LogP) is 2.69. The number of morpholine rings is 1. The van der Waals surface area contributed by atoms with Crippen molar-refractivity contribution in [3.05, 3.63) is 42.1 Å². The van der Waals surface area contributed by atoms with E-state index in [4.69, 9.17) is 14.5 Å². The van der Waals surface area contributed by atoms with E-state index in [1.807, 2.05) is 25.1 Å². The highest BCUT2D eigenvalue weighted by molar-refractivity contribution is 5.58. The molecule has 2 atom stereocenters. The highest BCUT2D eigenvalue weighted by atomic mass is 16.5. The second kappa shape index (κ2) is 6.87. The van der Waals surface area contributed by atoms with E-state index >= 15 is 0 Å². The molecule has 4 rings (SSSR count). The van der Waals surface area contributed by atoms with Crippen molar-refractivity contribution in [1.29, 1.82) is 0 Å². The highest BCUT2D eigenvalue weighted by Crippen LogP contribution is 2.26. The molecule has 126 valence electrons. The van der Waals surface area contributed by atoms with Crippen LogP contribution in [0.15, 0.2) is 36.4 Å². The maximum atomic E-state index is 5.99. The first-order valence-corrected chi connectivity index (χ1v) is 8.65. The van der Waals surface area contributed by atoms with Gasteiger partial charge in [0.05, 0.1) is 19.3 Å². The summed E-state index contributed by atoms with van der Waals surface area (Å²) in [6.07, 6.45) is 1.33. The van der Waals surface area contributed by atoms with Gasteiger partial charge in [-0.15, -0.1) is 0 Å². The van der Waals surface area contributed by atoms with Crippen LogP contribution in [0, 0.1) is 12.8 Å². The summed E-state index contributed by atoms with van der Waals surface area (Å²) in [4.78, 5) is 11.7. The standard InChI is InChI=1S/C19H23N3O2/c1-14-11-18(21-19(20-14)15-5-3-2-4-6-15)22-8-10-24-17(12-22)16-7-9-23-13-16/h2-6,11,16-17H,7-10,12-13H2,1H3. The number of ether oxygens (including phenoxy) is 2. The van der Waals surface area contributed by atoms with Gasteiger partial charge in [-0.05, 0) is 13.3 Å². The molecule has 0 radical (unpaired) electrons. The molecule has 24 heavy (non-hydrogen) atoms. The van der Waals surface area contributed by atoms with E-state index < -0.39 is 0 Å². The summed E-state index contributed by atoms with van der Waals surface area (Å²) in [6, 6.07) is 12.2. The van der Waals surface area contributed by atoms with Crippen LogP contribution < -0.4 is 4.90 Å². The Labute approximate surface area is 142 Å². The normalized spacial score (nSPS) is 24.3. The first-order chi connectivity index (χ1) is 11.8. The summed E-state index contributed by atoms with van der Waals surface area (Å²) in [5, 5.41) is 0. The molecule has 2 aliphatic rings. The van der Waals surface area contributed by atoms with E-state index in [0.29, 0.717) is 5.92 Å². The summed E-state index contributed by atoms with van der Waals surface area (Å²) in [5.41, 5.74) is 2.04. The lowest BCUT2D eigenvalue weighted by Gasteiger charge is -2.36. The van der Waals surface area contributed by atoms with Crippen LogP contribution in [0.5, 0.6) is 0 Å². The molecular weight excluding hydrogens is 302 g/mol. The molecule has 2 fully saturated rings. The minimum absolute atomic E-state index is 0.233. The van der Waals surface area contributed by atoms with Crippen molar-refractivity contribution < 1.29 is 9.47 Å². The molecule has 0 bridgehead atoms. The molecule has 0 aliphatic carbocycles. The first kappa shape index (κ1) is 15.5. The molecule has 0 amide bonds. The number of anilines is 1. The lowest BCUT2D eigenvalue weighted by molar-refractivity contribution is -0.00146. The van der Waals surface area contributed by atoms with E-state index in [9.17, 15) is 0 Å². The summed E-state index contributed by atoms with van der Waals surface area (Å²) < 4.78 is 11.5. The fraction of sp³-hybridized carbons (Fsp3) is 0.474. The van der Waals surface area contributed by atoms with E-state index in [0.717, 1.165) is 62.2 Å². The SMILES string of the molecule is Cc1cc(N2CCOC(C3CCOC3)C2)nc(-c2ccccc2)n1. The molecular formula is C19H23N3O2. The third kappa shape index (κ3) is 3.28. The third-order valence-corrected chi connectivity index (χ3v) is 4.78. The van der Waals surface area contributed by atoms with Gasteiger partial charge >= 0.3 is 0 Å². The Morgan fingerprint density at radius 3 is 2.79 bits per heavy atom. The molecule has 1 aromatic heterocycles. The van der Waals surface area contributed by atoms with Gasteiger partial charge in [0.25, 0.3) is 0 Å². The average molecular weight is 325 g/mol. The van der Waals surface area contributed by atoms with Gasteiger partial charge in [0, 0.05) is 42.9 Å². The van der Waals surface area contributed by atoms with Crippen molar-refractivity contribution in [2.45, 2.75) is 19.4 Å². The molecule has 2 aromatic rings. The topological polar surface area (TPSA) is 47.5 Å². The Kier molecular flexibility index (Phi) is 4.45. The smallest absolute Gasteiger partial charge is 0.161 e. The second-order valence-electron chi connectivity index (χ2n) is 6.54. The van der Waals surface area contributed by atoms with Crippen molar-refractivity contribution >= 4 is 5.82 Å². The maximum absolute atomic E-state index is 5.99. The van der Waals surface area contributed by atoms with Gasteiger partial charge in [0.1, 0.15) is 5.82 Å². The van der Waals surface area contributed by atoms with Crippen molar-refractivity contribution in [3.8, 4) is 11.4 Å². The van der Waals surface area contributed by atoms with Gasteiger partial charge < -0.3 is 14.4 Å². The molecule has 2 unspecified atom stereocenters.